The van der Waals surface area contributed by atoms with E-state index in [1.165, 1.54) is 55.6 Å². The van der Waals surface area contributed by atoms with Crippen LogP contribution in [0.15, 0.2) is 125 Å². The zero-order valence-corrected chi connectivity index (χ0v) is 22.3. The molecule has 0 saturated heterocycles. The quantitative estimate of drug-likeness (QED) is 0.248. The molecule has 2 heterocycles. The maximum absolute atomic E-state index is 4.86. The Morgan fingerprint density at radius 2 is 1.49 bits per heavy atom. The Balaban J connectivity index is 1.11. The summed E-state index contributed by atoms with van der Waals surface area (Å²) in [7, 11) is 0. The van der Waals surface area contributed by atoms with Crippen molar-refractivity contribution in [3.63, 3.8) is 0 Å². The van der Waals surface area contributed by atoms with Gasteiger partial charge in [0.05, 0.1) is 11.8 Å². The minimum atomic E-state index is 0.190. The van der Waals surface area contributed by atoms with Crippen molar-refractivity contribution in [2.24, 2.45) is 15.9 Å². The summed E-state index contributed by atoms with van der Waals surface area (Å²) in [6.45, 7) is 3.07. The van der Waals surface area contributed by atoms with Crippen LogP contribution >= 0.6 is 0 Å². The fraction of sp³-hybridized carbons (Fsp3) is 0.189. The van der Waals surface area contributed by atoms with Crippen LogP contribution in [0.4, 0.5) is 0 Å². The Labute approximate surface area is 231 Å². The van der Waals surface area contributed by atoms with Gasteiger partial charge in [0.15, 0.2) is 0 Å². The second-order valence-electron chi connectivity index (χ2n) is 10.8. The van der Waals surface area contributed by atoms with Crippen molar-refractivity contribution in [1.82, 2.24) is 0 Å². The average molecular weight is 505 g/mol. The van der Waals surface area contributed by atoms with Gasteiger partial charge in [0.2, 0.25) is 0 Å². The highest BCUT2D eigenvalue weighted by Crippen LogP contribution is 2.39. The number of allylic oxidation sites excluding steroid dienone is 2. The lowest BCUT2D eigenvalue weighted by Gasteiger charge is -2.29. The molecule has 4 aromatic carbocycles. The number of rotatable bonds is 4. The number of aliphatic imine (C=N–C) groups is 2. The van der Waals surface area contributed by atoms with Gasteiger partial charge in [-0.05, 0) is 71.2 Å². The summed E-state index contributed by atoms with van der Waals surface area (Å²) in [6.07, 6.45) is 12.2. The average Bonchev–Trinajstić information content (AvgIpc) is 3.01. The summed E-state index contributed by atoms with van der Waals surface area (Å²) in [5.41, 5.74) is 14.0. The fourth-order valence-corrected chi connectivity index (χ4v) is 6.34. The number of hydrogen-bond acceptors (Lipinski definition) is 2. The van der Waals surface area contributed by atoms with Gasteiger partial charge >= 0.3 is 0 Å². The maximum atomic E-state index is 4.86. The number of nitrogens with zero attached hydrogens (tertiary/aromatic N) is 2. The van der Waals surface area contributed by atoms with E-state index in [-0.39, 0.29) is 6.04 Å². The Morgan fingerprint density at radius 3 is 2.33 bits per heavy atom. The van der Waals surface area contributed by atoms with Gasteiger partial charge in [-0.1, -0.05) is 109 Å². The van der Waals surface area contributed by atoms with E-state index < -0.39 is 0 Å². The number of dihydropyridines is 1. The normalized spacial score (nSPS) is 19.6. The molecule has 0 N–H and O–H groups in total. The van der Waals surface area contributed by atoms with Gasteiger partial charge in [-0.25, -0.2) is 0 Å². The molecule has 0 fully saturated rings. The Kier molecular flexibility index (Phi) is 6.17. The van der Waals surface area contributed by atoms with Crippen LogP contribution < -0.4 is 0 Å². The van der Waals surface area contributed by atoms with E-state index in [1.807, 2.05) is 6.21 Å². The molecule has 1 aliphatic carbocycles. The zero-order valence-electron chi connectivity index (χ0n) is 22.3. The molecule has 0 aromatic heterocycles. The third kappa shape index (κ3) is 4.51. The lowest BCUT2D eigenvalue weighted by atomic mass is 9.80. The van der Waals surface area contributed by atoms with Gasteiger partial charge in [-0.3, -0.25) is 9.98 Å². The largest absolute Gasteiger partial charge is 0.284 e. The maximum Gasteiger partial charge on any atom is 0.0848 e. The molecule has 190 valence electrons. The third-order valence-corrected chi connectivity index (χ3v) is 8.45. The van der Waals surface area contributed by atoms with Crippen molar-refractivity contribution in [2.45, 2.75) is 32.2 Å². The predicted octanol–water partition coefficient (Wildman–Crippen LogP) is 8.74. The van der Waals surface area contributed by atoms with E-state index in [9.17, 15) is 0 Å². The molecule has 4 aromatic rings. The van der Waals surface area contributed by atoms with E-state index >= 15 is 0 Å². The van der Waals surface area contributed by atoms with Gasteiger partial charge in [-0.2, -0.15) is 0 Å². The molecule has 2 unspecified atom stereocenters. The number of benzene rings is 4. The molecular weight excluding hydrogens is 472 g/mol. The molecule has 2 atom stereocenters. The topological polar surface area (TPSA) is 24.7 Å². The van der Waals surface area contributed by atoms with Crippen molar-refractivity contribution in [3.05, 3.63) is 143 Å². The number of hydrogen-bond donors (Lipinski definition) is 0. The highest BCUT2D eigenvalue weighted by molar-refractivity contribution is 6.14. The van der Waals surface area contributed by atoms with Crippen LogP contribution in [0.2, 0.25) is 0 Å². The highest BCUT2D eigenvalue weighted by atomic mass is 14.8. The molecule has 3 aliphatic rings. The lowest BCUT2D eigenvalue weighted by Crippen LogP contribution is -2.17. The number of aryl methyl sites for hydroxylation is 1. The molecule has 0 radical (unpaired) electrons. The Bertz CT molecular complexity index is 1650. The molecule has 0 spiro atoms. The van der Waals surface area contributed by atoms with Crippen LogP contribution in [0.25, 0.3) is 22.3 Å². The van der Waals surface area contributed by atoms with Crippen molar-refractivity contribution >= 4 is 11.9 Å². The van der Waals surface area contributed by atoms with E-state index in [0.717, 1.165) is 31.5 Å². The van der Waals surface area contributed by atoms with Crippen LogP contribution in [0.1, 0.15) is 46.7 Å². The van der Waals surface area contributed by atoms with Gasteiger partial charge in [0, 0.05) is 29.8 Å². The first-order valence-corrected chi connectivity index (χ1v) is 14.1. The summed E-state index contributed by atoms with van der Waals surface area (Å²) >= 11 is 0. The second kappa shape index (κ2) is 10.1. The van der Waals surface area contributed by atoms with E-state index in [0.29, 0.717) is 5.92 Å². The minimum Gasteiger partial charge on any atom is -0.284 e. The summed E-state index contributed by atoms with van der Waals surface area (Å²) in [6, 6.07) is 33.6. The molecule has 39 heavy (non-hydrogen) atoms. The smallest absolute Gasteiger partial charge is 0.0848 e. The molecular formula is C37H32N2. The first-order chi connectivity index (χ1) is 19.2. The van der Waals surface area contributed by atoms with Crippen LogP contribution in [-0.4, -0.2) is 18.5 Å². The number of fused-ring (bicyclic) bond motifs is 2. The standard InChI is InChI=1S/C37H32N2/c1-25-24-32(26-10-14-30(15-11-26)36-34-8-4-2-6-27(34)20-22-38-36)18-19-33(25)29-12-16-31(17-13-29)37-35-9-5-3-7-28(35)21-23-39-37/h2,4-6,8-19,21,23-24,35,37H,3,7,20,22H2,1H3. The van der Waals surface area contributed by atoms with Crippen LogP contribution in [0, 0.1) is 12.8 Å². The fourth-order valence-electron chi connectivity index (χ4n) is 6.34. The summed E-state index contributed by atoms with van der Waals surface area (Å²) in [4.78, 5) is 9.70. The van der Waals surface area contributed by atoms with Crippen LogP contribution in [0.3, 0.4) is 0 Å². The highest BCUT2D eigenvalue weighted by Gasteiger charge is 2.27. The summed E-state index contributed by atoms with van der Waals surface area (Å²) < 4.78 is 0. The van der Waals surface area contributed by atoms with Crippen molar-refractivity contribution in [1.29, 1.82) is 0 Å². The predicted molar refractivity (Wildman–Crippen MR) is 164 cm³/mol. The minimum absolute atomic E-state index is 0.190. The van der Waals surface area contributed by atoms with Crippen molar-refractivity contribution in [2.75, 3.05) is 6.54 Å². The lowest BCUT2D eigenvalue weighted by molar-refractivity contribution is 0.554. The molecule has 2 nitrogen and oxygen atoms in total. The zero-order chi connectivity index (χ0) is 26.2. The van der Waals surface area contributed by atoms with Crippen LogP contribution in [-0.2, 0) is 6.42 Å². The van der Waals surface area contributed by atoms with Crippen molar-refractivity contribution < 1.29 is 0 Å². The Morgan fingerprint density at radius 1 is 0.718 bits per heavy atom. The van der Waals surface area contributed by atoms with Crippen LogP contribution in [0.5, 0.6) is 0 Å². The van der Waals surface area contributed by atoms with Gasteiger partial charge in [0.25, 0.3) is 0 Å². The van der Waals surface area contributed by atoms with E-state index in [1.54, 1.807) is 0 Å². The molecule has 7 rings (SSSR count). The first kappa shape index (κ1) is 23.8. The SMILES string of the molecule is Cc1cc(-c2ccc(C3=NCCc4ccccc43)cc2)ccc1-c1ccc(C2N=CC=C3CCC=CC32)cc1. The van der Waals surface area contributed by atoms with E-state index in [2.05, 4.69) is 116 Å². The molecule has 0 bridgehead atoms. The van der Waals surface area contributed by atoms with Crippen molar-refractivity contribution in [3.8, 4) is 22.3 Å². The second-order valence-corrected chi connectivity index (χ2v) is 10.8. The van der Waals surface area contributed by atoms with Gasteiger partial charge in [0.1, 0.15) is 0 Å². The summed E-state index contributed by atoms with van der Waals surface area (Å²) in [5, 5.41) is 0. The van der Waals surface area contributed by atoms with Gasteiger partial charge in [-0.15, -0.1) is 0 Å². The monoisotopic (exact) mass is 504 g/mol. The molecule has 0 amide bonds. The first-order valence-electron chi connectivity index (χ1n) is 14.1. The van der Waals surface area contributed by atoms with E-state index in [4.69, 9.17) is 9.98 Å². The molecule has 0 saturated carbocycles. The Hall–Kier alpha value is -4.30. The molecule has 2 aliphatic heterocycles. The molecule has 2 heteroatoms. The third-order valence-electron chi connectivity index (χ3n) is 8.45. The summed E-state index contributed by atoms with van der Waals surface area (Å²) in [5.74, 6) is 0.405. The van der Waals surface area contributed by atoms with Gasteiger partial charge < -0.3 is 0 Å².